The summed E-state index contributed by atoms with van der Waals surface area (Å²) in [6.45, 7) is 0.712. The van der Waals surface area contributed by atoms with Crippen LogP contribution in [0.5, 0.6) is 0 Å². The highest BCUT2D eigenvalue weighted by Gasteiger charge is 2.00. The molecule has 0 fully saturated rings. The molecule has 0 spiro atoms. The minimum atomic E-state index is 0.712. The lowest BCUT2D eigenvalue weighted by Gasteiger charge is -2.10. The van der Waals surface area contributed by atoms with Crippen LogP contribution in [0.15, 0.2) is 72.8 Å². The summed E-state index contributed by atoms with van der Waals surface area (Å²) in [6.07, 6.45) is 0. The molecule has 0 aliphatic rings. The molecule has 2 N–H and O–H groups in total. The Labute approximate surface area is 146 Å². The van der Waals surface area contributed by atoms with Gasteiger partial charge in [-0.25, -0.2) is 5.43 Å². The van der Waals surface area contributed by atoms with Crippen molar-refractivity contribution in [2.45, 2.75) is 6.54 Å². The van der Waals surface area contributed by atoms with E-state index in [-0.39, 0.29) is 0 Å². The van der Waals surface area contributed by atoms with Gasteiger partial charge in [0.1, 0.15) is 0 Å². The van der Waals surface area contributed by atoms with Gasteiger partial charge in [0, 0.05) is 22.3 Å². The third kappa shape index (κ3) is 4.49. The van der Waals surface area contributed by atoms with Crippen molar-refractivity contribution in [2.75, 3.05) is 5.43 Å². The lowest BCUT2D eigenvalue weighted by Crippen LogP contribution is -2.20. The fourth-order valence-electron chi connectivity index (χ4n) is 2.28. The SMILES string of the molecule is Clc1ccc(NNCc2cccc(-c3ccc(Cl)cc3)c2)cc1. The van der Waals surface area contributed by atoms with E-state index in [1.807, 2.05) is 48.5 Å². The number of hydrogen-bond donors (Lipinski definition) is 2. The van der Waals surface area contributed by atoms with E-state index < -0.39 is 0 Å². The average molecular weight is 343 g/mol. The van der Waals surface area contributed by atoms with Crippen molar-refractivity contribution < 1.29 is 0 Å². The van der Waals surface area contributed by atoms with Crippen molar-refractivity contribution in [3.8, 4) is 11.1 Å². The maximum atomic E-state index is 5.94. The number of nitrogens with one attached hydrogen (secondary N) is 2. The normalized spacial score (nSPS) is 10.5. The van der Waals surface area contributed by atoms with Crippen LogP contribution in [0.1, 0.15) is 5.56 Å². The first-order valence-corrected chi connectivity index (χ1v) is 8.06. The van der Waals surface area contributed by atoms with Gasteiger partial charge in [-0.05, 0) is 59.2 Å². The Balaban J connectivity index is 1.63. The Morgan fingerprint density at radius 2 is 1.35 bits per heavy atom. The summed E-state index contributed by atoms with van der Waals surface area (Å²) in [5, 5.41) is 1.48. The molecule has 3 rings (SSSR count). The second-order valence-electron chi connectivity index (χ2n) is 5.19. The first-order chi connectivity index (χ1) is 11.2. The molecule has 0 unspecified atom stereocenters. The van der Waals surface area contributed by atoms with Crippen LogP contribution in [0, 0.1) is 0 Å². The van der Waals surface area contributed by atoms with E-state index >= 15 is 0 Å². The van der Waals surface area contributed by atoms with E-state index in [1.165, 1.54) is 11.1 Å². The molecule has 0 atom stereocenters. The number of rotatable bonds is 5. The fraction of sp³-hybridized carbons (Fsp3) is 0.0526. The summed E-state index contributed by atoms with van der Waals surface area (Å²) in [6, 6.07) is 23.9. The minimum Gasteiger partial charge on any atom is -0.321 e. The molecule has 0 heterocycles. The maximum absolute atomic E-state index is 5.94. The third-order valence-corrected chi connectivity index (χ3v) is 3.98. The average Bonchev–Trinajstić information content (AvgIpc) is 2.58. The molecule has 0 radical (unpaired) electrons. The molecular weight excluding hydrogens is 327 g/mol. The standard InChI is InChI=1S/C19H16Cl2N2/c20-17-6-4-15(5-7-17)16-3-1-2-14(12-16)13-22-23-19-10-8-18(21)9-11-19/h1-12,22-23H,13H2. The van der Waals surface area contributed by atoms with Crippen LogP contribution in [-0.4, -0.2) is 0 Å². The van der Waals surface area contributed by atoms with Gasteiger partial charge < -0.3 is 5.43 Å². The van der Waals surface area contributed by atoms with Crippen LogP contribution in [-0.2, 0) is 6.54 Å². The highest BCUT2D eigenvalue weighted by Crippen LogP contribution is 2.22. The van der Waals surface area contributed by atoms with Gasteiger partial charge in [-0.3, -0.25) is 0 Å². The van der Waals surface area contributed by atoms with Gasteiger partial charge >= 0.3 is 0 Å². The fourth-order valence-corrected chi connectivity index (χ4v) is 2.54. The van der Waals surface area contributed by atoms with Gasteiger partial charge in [0.15, 0.2) is 0 Å². The minimum absolute atomic E-state index is 0.712. The van der Waals surface area contributed by atoms with Crippen LogP contribution in [0.3, 0.4) is 0 Å². The zero-order valence-corrected chi connectivity index (χ0v) is 13.9. The molecule has 0 aliphatic heterocycles. The molecule has 0 saturated carbocycles. The monoisotopic (exact) mass is 342 g/mol. The Kier molecular flexibility index (Phi) is 5.19. The summed E-state index contributed by atoms with van der Waals surface area (Å²) in [4.78, 5) is 0. The van der Waals surface area contributed by atoms with Crippen molar-refractivity contribution in [2.24, 2.45) is 0 Å². The zero-order chi connectivity index (χ0) is 16.1. The molecule has 0 aliphatic carbocycles. The van der Waals surface area contributed by atoms with E-state index in [4.69, 9.17) is 23.2 Å². The van der Waals surface area contributed by atoms with Crippen molar-refractivity contribution >= 4 is 28.9 Å². The zero-order valence-electron chi connectivity index (χ0n) is 12.4. The van der Waals surface area contributed by atoms with Gasteiger partial charge in [-0.2, -0.15) is 0 Å². The number of halogens is 2. The quantitative estimate of drug-likeness (QED) is 0.574. The highest BCUT2D eigenvalue weighted by atomic mass is 35.5. The topological polar surface area (TPSA) is 24.1 Å². The molecule has 23 heavy (non-hydrogen) atoms. The summed E-state index contributed by atoms with van der Waals surface area (Å²) < 4.78 is 0. The maximum Gasteiger partial charge on any atom is 0.0488 e. The Hall–Kier alpha value is -2.00. The van der Waals surface area contributed by atoms with Gasteiger partial charge in [-0.15, -0.1) is 0 Å². The molecule has 0 saturated heterocycles. The predicted octanol–water partition coefficient (Wildman–Crippen LogP) is 5.78. The number of anilines is 1. The van der Waals surface area contributed by atoms with E-state index in [9.17, 15) is 0 Å². The van der Waals surface area contributed by atoms with Crippen LogP contribution < -0.4 is 10.9 Å². The number of benzene rings is 3. The first kappa shape index (κ1) is 15.9. The summed E-state index contributed by atoms with van der Waals surface area (Å²) in [7, 11) is 0. The van der Waals surface area contributed by atoms with Crippen LogP contribution in [0.2, 0.25) is 10.0 Å². The van der Waals surface area contributed by atoms with Crippen molar-refractivity contribution in [3.63, 3.8) is 0 Å². The van der Waals surface area contributed by atoms with Crippen molar-refractivity contribution in [3.05, 3.63) is 88.4 Å². The van der Waals surface area contributed by atoms with Gasteiger partial charge in [0.05, 0.1) is 0 Å². The van der Waals surface area contributed by atoms with E-state index in [2.05, 4.69) is 35.1 Å². The molecular formula is C19H16Cl2N2. The number of hydrazine groups is 1. The molecule has 0 bridgehead atoms. The van der Waals surface area contributed by atoms with Crippen LogP contribution in [0.4, 0.5) is 5.69 Å². The lowest BCUT2D eigenvalue weighted by atomic mass is 10.0. The van der Waals surface area contributed by atoms with Gasteiger partial charge in [0.2, 0.25) is 0 Å². The van der Waals surface area contributed by atoms with Gasteiger partial charge in [-0.1, -0.05) is 53.5 Å². The summed E-state index contributed by atoms with van der Waals surface area (Å²) in [5.41, 5.74) is 10.9. The van der Waals surface area contributed by atoms with Crippen LogP contribution in [0.25, 0.3) is 11.1 Å². The Morgan fingerprint density at radius 3 is 2.04 bits per heavy atom. The Morgan fingerprint density at radius 1 is 0.696 bits per heavy atom. The molecule has 4 heteroatoms. The number of hydrogen-bond acceptors (Lipinski definition) is 2. The molecule has 0 aromatic heterocycles. The smallest absolute Gasteiger partial charge is 0.0488 e. The van der Waals surface area contributed by atoms with E-state index in [0.29, 0.717) is 6.54 Å². The molecule has 2 nitrogen and oxygen atoms in total. The highest BCUT2D eigenvalue weighted by molar-refractivity contribution is 6.30. The molecule has 3 aromatic rings. The second-order valence-corrected chi connectivity index (χ2v) is 6.07. The second kappa shape index (κ2) is 7.51. The lowest BCUT2D eigenvalue weighted by molar-refractivity contribution is 0.802. The van der Waals surface area contributed by atoms with Crippen LogP contribution >= 0.6 is 23.2 Å². The largest absolute Gasteiger partial charge is 0.321 e. The van der Waals surface area contributed by atoms with E-state index in [0.717, 1.165) is 21.3 Å². The molecule has 0 amide bonds. The molecule has 3 aromatic carbocycles. The van der Waals surface area contributed by atoms with E-state index in [1.54, 1.807) is 0 Å². The summed E-state index contributed by atoms with van der Waals surface area (Å²) >= 11 is 11.8. The van der Waals surface area contributed by atoms with Crippen molar-refractivity contribution in [1.29, 1.82) is 0 Å². The Bertz CT molecular complexity index is 768. The first-order valence-electron chi connectivity index (χ1n) is 7.30. The summed E-state index contributed by atoms with van der Waals surface area (Å²) in [5.74, 6) is 0. The molecule has 116 valence electrons. The predicted molar refractivity (Wildman–Crippen MR) is 98.8 cm³/mol. The van der Waals surface area contributed by atoms with Crippen molar-refractivity contribution in [1.82, 2.24) is 5.43 Å². The van der Waals surface area contributed by atoms with Gasteiger partial charge in [0.25, 0.3) is 0 Å². The third-order valence-electron chi connectivity index (χ3n) is 3.47.